The van der Waals surface area contributed by atoms with E-state index in [4.69, 9.17) is 14.2 Å². The number of ketones is 1. The van der Waals surface area contributed by atoms with Gasteiger partial charge in [-0.25, -0.2) is 0 Å². The number of amides is 1. The van der Waals surface area contributed by atoms with Crippen molar-refractivity contribution in [1.82, 2.24) is 5.32 Å². The van der Waals surface area contributed by atoms with Crippen molar-refractivity contribution in [2.24, 2.45) is 0 Å². The molecule has 136 valence electrons. The van der Waals surface area contributed by atoms with Crippen LogP contribution >= 0.6 is 0 Å². The molecule has 1 aliphatic rings. The van der Waals surface area contributed by atoms with Gasteiger partial charge in [0.1, 0.15) is 5.75 Å². The zero-order chi connectivity index (χ0) is 18.5. The van der Waals surface area contributed by atoms with Crippen molar-refractivity contribution in [2.45, 2.75) is 32.9 Å². The Kier molecular flexibility index (Phi) is 5.41. The predicted molar refractivity (Wildman–Crippen MR) is 95.6 cm³/mol. The molecule has 1 atom stereocenters. The number of ether oxygens (including phenoxy) is 3. The summed E-state index contributed by atoms with van der Waals surface area (Å²) in [4.78, 5) is 23.9. The maximum absolute atomic E-state index is 12.2. The van der Waals surface area contributed by atoms with Crippen LogP contribution in [-0.4, -0.2) is 24.6 Å². The van der Waals surface area contributed by atoms with Crippen molar-refractivity contribution in [1.29, 1.82) is 0 Å². The fourth-order valence-electron chi connectivity index (χ4n) is 2.56. The lowest BCUT2D eigenvalue weighted by Crippen LogP contribution is -2.35. The van der Waals surface area contributed by atoms with E-state index in [2.05, 4.69) is 5.32 Å². The quantitative estimate of drug-likeness (QED) is 0.773. The summed E-state index contributed by atoms with van der Waals surface area (Å²) in [5.41, 5.74) is 1.55. The van der Waals surface area contributed by atoms with E-state index in [0.29, 0.717) is 35.8 Å². The SMILES string of the molecule is CCC(=O)c1ccc(O[C@H](C)C(=O)NCc2ccc3c(c2)OCO3)cc1. The molecule has 0 unspecified atom stereocenters. The van der Waals surface area contributed by atoms with Crippen LogP contribution in [0, 0.1) is 0 Å². The van der Waals surface area contributed by atoms with Crippen LogP contribution in [0.4, 0.5) is 0 Å². The zero-order valence-electron chi connectivity index (χ0n) is 14.8. The molecule has 0 saturated carbocycles. The average Bonchev–Trinajstić information content (AvgIpc) is 3.13. The third kappa shape index (κ3) is 4.14. The molecule has 2 aromatic rings. The van der Waals surface area contributed by atoms with E-state index in [9.17, 15) is 9.59 Å². The monoisotopic (exact) mass is 355 g/mol. The van der Waals surface area contributed by atoms with Gasteiger partial charge in [-0.1, -0.05) is 13.0 Å². The number of carbonyl (C=O) groups is 2. The maximum Gasteiger partial charge on any atom is 0.261 e. The molecule has 0 spiro atoms. The molecular formula is C20H21NO5. The van der Waals surface area contributed by atoms with E-state index in [1.54, 1.807) is 31.2 Å². The molecular weight excluding hydrogens is 334 g/mol. The van der Waals surface area contributed by atoms with Crippen molar-refractivity contribution in [3.05, 3.63) is 53.6 Å². The third-order valence-electron chi connectivity index (χ3n) is 4.08. The van der Waals surface area contributed by atoms with Gasteiger partial charge < -0.3 is 19.5 Å². The normalized spacial score (nSPS) is 13.2. The molecule has 1 amide bonds. The van der Waals surface area contributed by atoms with E-state index < -0.39 is 6.10 Å². The van der Waals surface area contributed by atoms with Crippen LogP contribution in [-0.2, 0) is 11.3 Å². The van der Waals surface area contributed by atoms with Crippen LogP contribution in [0.3, 0.4) is 0 Å². The first-order valence-corrected chi connectivity index (χ1v) is 8.53. The summed E-state index contributed by atoms with van der Waals surface area (Å²) in [6, 6.07) is 12.4. The number of fused-ring (bicyclic) bond motifs is 1. The molecule has 1 aliphatic heterocycles. The Morgan fingerprint density at radius 3 is 2.58 bits per heavy atom. The number of rotatable bonds is 7. The van der Waals surface area contributed by atoms with Crippen molar-refractivity contribution in [3.63, 3.8) is 0 Å². The molecule has 0 fully saturated rings. The minimum Gasteiger partial charge on any atom is -0.481 e. The largest absolute Gasteiger partial charge is 0.481 e. The average molecular weight is 355 g/mol. The molecule has 26 heavy (non-hydrogen) atoms. The fraction of sp³-hybridized carbons (Fsp3) is 0.300. The molecule has 1 N–H and O–H groups in total. The Morgan fingerprint density at radius 1 is 1.12 bits per heavy atom. The second-order valence-corrected chi connectivity index (χ2v) is 5.97. The third-order valence-corrected chi connectivity index (χ3v) is 4.08. The lowest BCUT2D eigenvalue weighted by molar-refractivity contribution is -0.127. The summed E-state index contributed by atoms with van der Waals surface area (Å²) >= 11 is 0. The fourth-order valence-corrected chi connectivity index (χ4v) is 2.56. The summed E-state index contributed by atoms with van der Waals surface area (Å²) in [5, 5.41) is 2.83. The molecule has 3 rings (SSSR count). The first kappa shape index (κ1) is 17.8. The number of carbonyl (C=O) groups excluding carboxylic acids is 2. The second-order valence-electron chi connectivity index (χ2n) is 5.97. The number of hydrogen-bond acceptors (Lipinski definition) is 5. The molecule has 1 heterocycles. The zero-order valence-corrected chi connectivity index (χ0v) is 14.8. The van der Waals surface area contributed by atoms with Crippen LogP contribution in [0.1, 0.15) is 36.2 Å². The highest BCUT2D eigenvalue weighted by molar-refractivity contribution is 5.95. The van der Waals surface area contributed by atoms with Gasteiger partial charge in [0.2, 0.25) is 6.79 Å². The summed E-state index contributed by atoms with van der Waals surface area (Å²) in [7, 11) is 0. The lowest BCUT2D eigenvalue weighted by Gasteiger charge is -2.15. The molecule has 0 radical (unpaired) electrons. The van der Waals surface area contributed by atoms with E-state index >= 15 is 0 Å². The summed E-state index contributed by atoms with van der Waals surface area (Å²) < 4.78 is 16.2. The maximum atomic E-state index is 12.2. The van der Waals surface area contributed by atoms with Crippen molar-refractivity contribution >= 4 is 11.7 Å². The highest BCUT2D eigenvalue weighted by Crippen LogP contribution is 2.32. The Bertz CT molecular complexity index is 800. The second kappa shape index (κ2) is 7.91. The smallest absolute Gasteiger partial charge is 0.261 e. The first-order valence-electron chi connectivity index (χ1n) is 8.53. The Morgan fingerprint density at radius 2 is 1.85 bits per heavy atom. The van der Waals surface area contributed by atoms with E-state index in [1.165, 1.54) is 0 Å². The van der Waals surface area contributed by atoms with Crippen molar-refractivity contribution in [2.75, 3.05) is 6.79 Å². The number of Topliss-reactive ketones (excluding diaryl/α,β-unsaturated/α-hetero) is 1. The van der Waals surface area contributed by atoms with Gasteiger partial charge in [-0.15, -0.1) is 0 Å². The van der Waals surface area contributed by atoms with Crippen LogP contribution in [0.15, 0.2) is 42.5 Å². The molecule has 0 aromatic heterocycles. The highest BCUT2D eigenvalue weighted by Gasteiger charge is 2.16. The standard InChI is InChI=1S/C20H21NO5/c1-3-17(22)15-5-7-16(8-6-15)26-13(2)20(23)21-11-14-4-9-18-19(10-14)25-12-24-18/h4-10,13H,3,11-12H2,1-2H3,(H,21,23)/t13-/m1/s1. The highest BCUT2D eigenvalue weighted by atomic mass is 16.7. The molecule has 0 saturated heterocycles. The van der Waals surface area contributed by atoms with Gasteiger partial charge in [-0.05, 0) is 48.9 Å². The minimum absolute atomic E-state index is 0.0751. The van der Waals surface area contributed by atoms with Crippen molar-refractivity contribution < 1.29 is 23.8 Å². The topological polar surface area (TPSA) is 73.9 Å². The van der Waals surface area contributed by atoms with Gasteiger partial charge in [0.05, 0.1) is 0 Å². The Hall–Kier alpha value is -3.02. The molecule has 2 aromatic carbocycles. The van der Waals surface area contributed by atoms with Crippen LogP contribution in [0.2, 0.25) is 0 Å². The van der Waals surface area contributed by atoms with Crippen molar-refractivity contribution in [3.8, 4) is 17.2 Å². The van der Waals surface area contributed by atoms with E-state index in [1.807, 2.05) is 25.1 Å². The van der Waals surface area contributed by atoms with Gasteiger partial charge in [-0.2, -0.15) is 0 Å². The van der Waals surface area contributed by atoms with Gasteiger partial charge in [0.25, 0.3) is 5.91 Å². The first-order chi connectivity index (χ1) is 12.6. The number of nitrogens with one attached hydrogen (secondary N) is 1. The van der Waals surface area contributed by atoms with E-state index in [-0.39, 0.29) is 18.5 Å². The van der Waals surface area contributed by atoms with Crippen LogP contribution in [0.5, 0.6) is 17.2 Å². The van der Waals surface area contributed by atoms with Gasteiger partial charge in [0, 0.05) is 18.5 Å². The summed E-state index contributed by atoms with van der Waals surface area (Å²) in [6.45, 7) is 4.09. The molecule has 0 aliphatic carbocycles. The molecule has 6 nitrogen and oxygen atoms in total. The lowest BCUT2D eigenvalue weighted by atomic mass is 10.1. The van der Waals surface area contributed by atoms with Crippen LogP contribution in [0.25, 0.3) is 0 Å². The number of benzene rings is 2. The summed E-state index contributed by atoms with van der Waals surface area (Å²) in [5.74, 6) is 1.79. The Labute approximate surface area is 152 Å². The van der Waals surface area contributed by atoms with Gasteiger partial charge in [-0.3, -0.25) is 9.59 Å². The molecule has 6 heteroatoms. The predicted octanol–water partition coefficient (Wildman–Crippen LogP) is 3.09. The summed E-state index contributed by atoms with van der Waals surface area (Å²) in [6.07, 6.45) is -0.199. The molecule has 0 bridgehead atoms. The number of hydrogen-bond donors (Lipinski definition) is 1. The van der Waals surface area contributed by atoms with Gasteiger partial charge >= 0.3 is 0 Å². The van der Waals surface area contributed by atoms with E-state index in [0.717, 1.165) is 5.56 Å². The van der Waals surface area contributed by atoms with Gasteiger partial charge in [0.15, 0.2) is 23.4 Å². The van der Waals surface area contributed by atoms with Crippen LogP contribution < -0.4 is 19.5 Å². The Balaban J connectivity index is 1.52. The minimum atomic E-state index is -0.656.